The van der Waals surface area contributed by atoms with Crippen LogP contribution in [0.4, 0.5) is 11.6 Å². The molecule has 0 aliphatic carbocycles. The number of rotatable bonds is 6. The summed E-state index contributed by atoms with van der Waals surface area (Å²) in [6.45, 7) is 2.66. The Morgan fingerprint density at radius 3 is 1.77 bits per heavy atom. The van der Waals surface area contributed by atoms with E-state index in [1.807, 2.05) is 28.0 Å². The number of thiol groups is 2. The fourth-order valence-electron chi connectivity index (χ4n) is 3.06. The Kier molecular flexibility index (Phi) is 6.02. The Morgan fingerprint density at radius 1 is 0.923 bits per heavy atom. The molecule has 0 fully saturated rings. The number of aliphatic imine (C=N–C) groups is 2. The zero-order valence-electron chi connectivity index (χ0n) is 14.2. The van der Waals surface area contributed by atoms with Crippen molar-refractivity contribution in [2.24, 2.45) is 21.8 Å². The number of aromatic nitrogens is 1. The van der Waals surface area contributed by atoms with Crippen molar-refractivity contribution in [1.82, 2.24) is 4.98 Å². The maximum Gasteiger partial charge on any atom is 0.136 e. The lowest BCUT2D eigenvalue weighted by atomic mass is 10.1. The van der Waals surface area contributed by atoms with Gasteiger partial charge in [-0.15, -0.1) is 0 Å². The maximum atomic E-state index is 9.34. The summed E-state index contributed by atoms with van der Waals surface area (Å²) in [4.78, 5) is 17.7. The van der Waals surface area contributed by atoms with Gasteiger partial charge in [-0.05, 0) is 12.1 Å². The minimum Gasteiger partial charge on any atom is -0.312 e. The molecule has 134 valence electrons. The largest absolute Gasteiger partial charge is 0.312 e. The molecule has 1 aromatic heterocycles. The third-order valence-electron chi connectivity index (χ3n) is 4.32. The van der Waals surface area contributed by atoms with Crippen molar-refractivity contribution in [1.29, 1.82) is 10.5 Å². The van der Waals surface area contributed by atoms with E-state index < -0.39 is 0 Å². The fraction of sp³-hybridized carbons (Fsp3) is 0.471. The molecule has 9 heteroatoms. The lowest BCUT2D eigenvalue weighted by molar-refractivity contribution is 0.940. The molecule has 0 N–H and O–H groups in total. The van der Waals surface area contributed by atoms with Crippen LogP contribution in [0.25, 0.3) is 0 Å². The van der Waals surface area contributed by atoms with Gasteiger partial charge in [-0.25, -0.2) is 4.98 Å². The van der Waals surface area contributed by atoms with Crippen molar-refractivity contribution < 1.29 is 0 Å². The SMILES string of the molecule is N#CC(CS)C1=NCCN1c1cccc(N2CCN=C2C(C#N)CS)n1. The average Bonchev–Trinajstić information content (AvgIpc) is 3.34. The molecule has 0 saturated carbocycles. The summed E-state index contributed by atoms with van der Waals surface area (Å²) >= 11 is 8.52. The number of nitrogens with zero attached hydrogens (tertiary/aromatic N) is 7. The Balaban J connectivity index is 1.88. The molecule has 2 atom stereocenters. The van der Waals surface area contributed by atoms with Gasteiger partial charge in [-0.3, -0.25) is 9.98 Å². The number of anilines is 2. The first kappa shape index (κ1) is 18.6. The zero-order valence-corrected chi connectivity index (χ0v) is 15.9. The number of amidine groups is 2. The van der Waals surface area contributed by atoms with Crippen LogP contribution < -0.4 is 9.80 Å². The highest BCUT2D eigenvalue weighted by atomic mass is 32.1. The van der Waals surface area contributed by atoms with E-state index in [0.717, 1.165) is 11.6 Å². The molecule has 0 amide bonds. The molecule has 2 aliphatic rings. The van der Waals surface area contributed by atoms with Crippen molar-refractivity contribution in [3.05, 3.63) is 18.2 Å². The van der Waals surface area contributed by atoms with Gasteiger partial charge >= 0.3 is 0 Å². The summed E-state index contributed by atoms with van der Waals surface area (Å²) in [7, 11) is 0. The van der Waals surface area contributed by atoms with Crippen LogP contribution in [0.15, 0.2) is 28.2 Å². The molecule has 3 heterocycles. The van der Waals surface area contributed by atoms with Crippen LogP contribution in [0.3, 0.4) is 0 Å². The van der Waals surface area contributed by atoms with E-state index in [1.54, 1.807) is 0 Å². The minimum atomic E-state index is -0.359. The standard InChI is InChI=1S/C17H19N7S2/c18-8-12(10-25)16-20-4-6-23(16)14-2-1-3-15(22-14)24-7-5-21-17(24)13(9-19)11-26/h1-3,12-13,25-26H,4-7,10-11H2. The number of pyridine rings is 1. The molecular weight excluding hydrogens is 366 g/mol. The van der Waals surface area contributed by atoms with Gasteiger partial charge in [-0.2, -0.15) is 35.8 Å². The highest BCUT2D eigenvalue weighted by Crippen LogP contribution is 2.25. The molecule has 2 unspecified atom stereocenters. The second-order valence-electron chi connectivity index (χ2n) is 5.87. The maximum absolute atomic E-state index is 9.34. The molecule has 1 aromatic rings. The number of hydrogen-bond donors (Lipinski definition) is 2. The van der Waals surface area contributed by atoms with Gasteiger partial charge in [0.2, 0.25) is 0 Å². The molecular formula is C17H19N7S2. The van der Waals surface area contributed by atoms with Crippen molar-refractivity contribution in [2.45, 2.75) is 0 Å². The first-order valence-electron chi connectivity index (χ1n) is 8.35. The van der Waals surface area contributed by atoms with E-state index in [4.69, 9.17) is 4.98 Å². The second-order valence-corrected chi connectivity index (χ2v) is 6.60. The normalized spacial score (nSPS) is 18.8. The summed E-state index contributed by atoms with van der Waals surface area (Å²) in [5.74, 6) is 3.03. The lowest BCUT2D eigenvalue weighted by Crippen LogP contribution is -2.36. The van der Waals surface area contributed by atoms with Crippen LogP contribution >= 0.6 is 25.3 Å². The van der Waals surface area contributed by atoms with Crippen molar-refractivity contribution >= 4 is 48.6 Å². The topological polar surface area (TPSA) is 91.7 Å². The first-order chi connectivity index (χ1) is 12.7. The molecule has 0 saturated heterocycles. The van der Waals surface area contributed by atoms with E-state index in [1.165, 1.54) is 0 Å². The van der Waals surface area contributed by atoms with Crippen LogP contribution in [0.5, 0.6) is 0 Å². The molecule has 7 nitrogen and oxygen atoms in total. The van der Waals surface area contributed by atoms with Gasteiger partial charge in [0.15, 0.2) is 0 Å². The Labute approximate surface area is 163 Å². The second kappa shape index (κ2) is 8.43. The van der Waals surface area contributed by atoms with Crippen LogP contribution in [-0.4, -0.2) is 54.3 Å². The third kappa shape index (κ3) is 3.50. The number of nitriles is 2. The van der Waals surface area contributed by atoms with Crippen LogP contribution in [0.2, 0.25) is 0 Å². The molecule has 0 aromatic carbocycles. The molecule has 26 heavy (non-hydrogen) atoms. The Morgan fingerprint density at radius 2 is 1.38 bits per heavy atom. The van der Waals surface area contributed by atoms with E-state index in [-0.39, 0.29) is 11.8 Å². The number of hydrogen-bond acceptors (Lipinski definition) is 9. The quantitative estimate of drug-likeness (QED) is 0.727. The molecule has 2 aliphatic heterocycles. The van der Waals surface area contributed by atoms with Crippen LogP contribution in [0, 0.1) is 34.5 Å². The van der Waals surface area contributed by atoms with Gasteiger partial charge in [0.25, 0.3) is 0 Å². The van der Waals surface area contributed by atoms with E-state index in [9.17, 15) is 10.5 Å². The summed E-state index contributed by atoms with van der Waals surface area (Å²) in [6.07, 6.45) is 0. The molecule has 3 rings (SSSR count). The monoisotopic (exact) mass is 385 g/mol. The summed E-state index contributed by atoms with van der Waals surface area (Å²) in [6, 6.07) is 10.2. The van der Waals surface area contributed by atoms with Gasteiger partial charge in [0.1, 0.15) is 35.1 Å². The molecule has 0 radical (unpaired) electrons. The third-order valence-corrected chi connectivity index (χ3v) is 5.05. The minimum absolute atomic E-state index is 0.359. The zero-order chi connectivity index (χ0) is 18.5. The van der Waals surface area contributed by atoms with E-state index in [0.29, 0.717) is 49.4 Å². The van der Waals surface area contributed by atoms with Gasteiger partial charge < -0.3 is 9.80 Å². The van der Waals surface area contributed by atoms with Crippen molar-refractivity contribution in [3.8, 4) is 12.1 Å². The summed E-state index contributed by atoms with van der Waals surface area (Å²) in [5, 5.41) is 18.7. The van der Waals surface area contributed by atoms with Crippen LogP contribution in [-0.2, 0) is 0 Å². The summed E-state index contributed by atoms with van der Waals surface area (Å²) in [5.41, 5.74) is 0. The van der Waals surface area contributed by atoms with Crippen molar-refractivity contribution in [3.63, 3.8) is 0 Å². The predicted molar refractivity (Wildman–Crippen MR) is 109 cm³/mol. The van der Waals surface area contributed by atoms with E-state index >= 15 is 0 Å². The Hall–Kier alpha value is -2.23. The Bertz CT molecular complexity index is 745. The predicted octanol–water partition coefficient (Wildman–Crippen LogP) is 1.66. The fourth-order valence-corrected chi connectivity index (χ4v) is 3.55. The van der Waals surface area contributed by atoms with Crippen molar-refractivity contribution in [2.75, 3.05) is 47.5 Å². The van der Waals surface area contributed by atoms with Gasteiger partial charge in [0.05, 0.1) is 25.2 Å². The summed E-state index contributed by atoms with van der Waals surface area (Å²) < 4.78 is 0. The smallest absolute Gasteiger partial charge is 0.136 e. The van der Waals surface area contributed by atoms with E-state index in [2.05, 4.69) is 47.4 Å². The van der Waals surface area contributed by atoms with Gasteiger partial charge in [0, 0.05) is 24.6 Å². The van der Waals surface area contributed by atoms with Gasteiger partial charge in [-0.1, -0.05) is 6.07 Å². The molecule has 0 bridgehead atoms. The highest BCUT2D eigenvalue weighted by Gasteiger charge is 2.29. The first-order valence-corrected chi connectivity index (χ1v) is 9.61. The average molecular weight is 386 g/mol. The van der Waals surface area contributed by atoms with Crippen LogP contribution in [0.1, 0.15) is 0 Å². The molecule has 0 spiro atoms. The lowest BCUT2D eigenvalue weighted by Gasteiger charge is -2.25. The highest BCUT2D eigenvalue weighted by molar-refractivity contribution is 7.80.